The van der Waals surface area contributed by atoms with Crippen LogP contribution in [0.25, 0.3) is 0 Å². The van der Waals surface area contributed by atoms with Gasteiger partial charge in [0.15, 0.2) is 11.4 Å². The molecule has 0 saturated carbocycles. The molecule has 2 rings (SSSR count). The third-order valence-electron chi connectivity index (χ3n) is 2.25. The van der Waals surface area contributed by atoms with Gasteiger partial charge in [-0.05, 0) is 36.4 Å². The van der Waals surface area contributed by atoms with Crippen molar-refractivity contribution in [1.29, 1.82) is 0 Å². The third-order valence-corrected chi connectivity index (χ3v) is 2.25. The molecule has 2 aromatic rings. The van der Waals surface area contributed by atoms with Crippen molar-refractivity contribution in [3.63, 3.8) is 0 Å². The van der Waals surface area contributed by atoms with Crippen LogP contribution in [0.4, 0.5) is 0 Å². The predicted octanol–water partition coefficient (Wildman–Crippen LogP) is 1.79. The minimum Gasteiger partial charge on any atom is -0.455 e. The summed E-state index contributed by atoms with van der Waals surface area (Å²) in [7, 11) is 0. The fourth-order valence-corrected chi connectivity index (χ4v) is 1.40. The van der Waals surface area contributed by atoms with E-state index in [1.807, 2.05) is 0 Å². The number of nitrogens with zero attached hydrogens (tertiary/aromatic N) is 1. The van der Waals surface area contributed by atoms with E-state index in [9.17, 15) is 9.59 Å². The maximum absolute atomic E-state index is 11.1. The number of benzene rings is 1. The zero-order chi connectivity index (χ0) is 13.0. The summed E-state index contributed by atoms with van der Waals surface area (Å²) in [5, 5.41) is 0. The highest BCUT2D eigenvalue weighted by Gasteiger charge is 2.10. The summed E-state index contributed by atoms with van der Waals surface area (Å²) >= 11 is 0. The van der Waals surface area contributed by atoms with Crippen molar-refractivity contribution in [2.24, 2.45) is 5.73 Å². The Hall–Kier alpha value is -2.69. The van der Waals surface area contributed by atoms with Crippen LogP contribution < -0.4 is 10.5 Å². The van der Waals surface area contributed by atoms with Crippen LogP contribution in [0.1, 0.15) is 20.8 Å². The van der Waals surface area contributed by atoms with Gasteiger partial charge in [-0.25, -0.2) is 4.98 Å². The molecule has 1 aromatic heterocycles. The lowest BCUT2D eigenvalue weighted by atomic mass is 10.2. The molecule has 0 atom stereocenters. The third kappa shape index (κ3) is 2.52. The van der Waals surface area contributed by atoms with Crippen molar-refractivity contribution < 1.29 is 14.3 Å². The van der Waals surface area contributed by atoms with Gasteiger partial charge in [-0.1, -0.05) is 0 Å². The Bertz CT molecular complexity index is 579. The lowest BCUT2D eigenvalue weighted by molar-refractivity contribution is 0.0992. The normalized spacial score (nSPS) is 9.78. The minimum atomic E-state index is -0.657. The number of amides is 1. The first-order valence-electron chi connectivity index (χ1n) is 5.18. The second-order valence-electron chi connectivity index (χ2n) is 3.50. The van der Waals surface area contributed by atoms with Gasteiger partial charge in [-0.3, -0.25) is 9.59 Å². The first-order valence-corrected chi connectivity index (χ1v) is 5.18. The summed E-state index contributed by atoms with van der Waals surface area (Å²) < 4.78 is 5.49. The molecular weight excluding hydrogens is 232 g/mol. The molecule has 0 fully saturated rings. The molecule has 2 N–H and O–H groups in total. The Morgan fingerprint density at radius 2 is 1.94 bits per heavy atom. The Kier molecular flexibility index (Phi) is 3.33. The van der Waals surface area contributed by atoms with E-state index in [0.717, 1.165) is 6.29 Å². The van der Waals surface area contributed by atoms with Gasteiger partial charge >= 0.3 is 0 Å². The Balaban J connectivity index is 2.28. The molecule has 1 aromatic carbocycles. The summed E-state index contributed by atoms with van der Waals surface area (Å²) in [5.41, 5.74) is 5.80. The molecule has 0 aliphatic heterocycles. The maximum Gasteiger partial charge on any atom is 0.271 e. The number of pyridine rings is 1. The van der Waals surface area contributed by atoms with E-state index >= 15 is 0 Å². The van der Waals surface area contributed by atoms with Crippen molar-refractivity contribution >= 4 is 12.2 Å². The number of carbonyl (C=O) groups excluding carboxylic acids is 2. The van der Waals surface area contributed by atoms with Gasteiger partial charge in [-0.15, -0.1) is 0 Å². The topological polar surface area (TPSA) is 82.3 Å². The molecule has 18 heavy (non-hydrogen) atoms. The number of hydrogen-bond donors (Lipinski definition) is 1. The van der Waals surface area contributed by atoms with Crippen molar-refractivity contribution in [1.82, 2.24) is 4.98 Å². The van der Waals surface area contributed by atoms with Gasteiger partial charge in [0.1, 0.15) is 12.0 Å². The first kappa shape index (κ1) is 11.8. The Morgan fingerprint density at radius 3 is 2.56 bits per heavy atom. The zero-order valence-corrected chi connectivity index (χ0v) is 9.37. The zero-order valence-electron chi connectivity index (χ0n) is 9.37. The van der Waals surface area contributed by atoms with Crippen LogP contribution in [0.5, 0.6) is 11.5 Å². The number of hydrogen-bond acceptors (Lipinski definition) is 4. The highest BCUT2D eigenvalue weighted by Crippen LogP contribution is 2.23. The standard InChI is InChI=1S/C13H10N2O3/c14-13(17)12-11(2-1-7-15-12)18-10-5-3-9(8-16)4-6-10/h1-8H,(H2,14,17). The molecule has 0 unspecified atom stereocenters. The van der Waals surface area contributed by atoms with Crippen LogP contribution in [0.3, 0.4) is 0 Å². The highest BCUT2D eigenvalue weighted by molar-refractivity contribution is 5.93. The highest BCUT2D eigenvalue weighted by atomic mass is 16.5. The molecule has 0 aliphatic carbocycles. The number of ether oxygens (including phenoxy) is 1. The van der Waals surface area contributed by atoms with Crippen molar-refractivity contribution in [2.45, 2.75) is 0 Å². The fourth-order valence-electron chi connectivity index (χ4n) is 1.40. The molecule has 90 valence electrons. The lowest BCUT2D eigenvalue weighted by Gasteiger charge is -2.07. The van der Waals surface area contributed by atoms with Gasteiger partial charge in [-0.2, -0.15) is 0 Å². The van der Waals surface area contributed by atoms with E-state index in [1.54, 1.807) is 36.4 Å². The van der Waals surface area contributed by atoms with Crippen LogP contribution in [0.2, 0.25) is 0 Å². The monoisotopic (exact) mass is 242 g/mol. The molecular formula is C13H10N2O3. The van der Waals surface area contributed by atoms with E-state index < -0.39 is 5.91 Å². The summed E-state index contributed by atoms with van der Waals surface area (Å²) in [6, 6.07) is 9.72. The average molecular weight is 242 g/mol. The molecule has 0 saturated heterocycles. The SMILES string of the molecule is NC(=O)c1ncccc1Oc1ccc(C=O)cc1. The minimum absolute atomic E-state index is 0.0666. The smallest absolute Gasteiger partial charge is 0.271 e. The summed E-state index contributed by atoms with van der Waals surface area (Å²) in [6.07, 6.45) is 2.20. The van der Waals surface area contributed by atoms with Gasteiger partial charge in [0, 0.05) is 11.8 Å². The number of aromatic nitrogens is 1. The quantitative estimate of drug-likeness (QED) is 0.828. The molecule has 5 heteroatoms. The van der Waals surface area contributed by atoms with Crippen LogP contribution in [0.15, 0.2) is 42.6 Å². The van der Waals surface area contributed by atoms with E-state index in [4.69, 9.17) is 10.5 Å². The molecule has 0 aliphatic rings. The van der Waals surface area contributed by atoms with Gasteiger partial charge in [0.05, 0.1) is 0 Å². The number of primary amides is 1. The summed E-state index contributed by atoms with van der Waals surface area (Å²) in [4.78, 5) is 25.5. The number of aldehydes is 1. The van der Waals surface area contributed by atoms with E-state index in [-0.39, 0.29) is 11.4 Å². The van der Waals surface area contributed by atoms with Crippen molar-refractivity contribution in [3.8, 4) is 11.5 Å². The molecule has 0 bridgehead atoms. The molecule has 0 radical (unpaired) electrons. The van der Waals surface area contributed by atoms with E-state index in [1.165, 1.54) is 6.20 Å². The van der Waals surface area contributed by atoms with Crippen LogP contribution in [0, 0.1) is 0 Å². The van der Waals surface area contributed by atoms with Crippen LogP contribution >= 0.6 is 0 Å². The van der Waals surface area contributed by atoms with Gasteiger partial charge in [0.25, 0.3) is 5.91 Å². The average Bonchev–Trinajstić information content (AvgIpc) is 2.40. The Labute approximate surface area is 103 Å². The van der Waals surface area contributed by atoms with Crippen LogP contribution in [-0.4, -0.2) is 17.2 Å². The molecule has 0 spiro atoms. The summed E-state index contributed by atoms with van der Waals surface area (Å²) in [5.74, 6) is 0.120. The number of rotatable bonds is 4. The van der Waals surface area contributed by atoms with Crippen molar-refractivity contribution in [3.05, 3.63) is 53.9 Å². The lowest BCUT2D eigenvalue weighted by Crippen LogP contribution is -2.14. The Morgan fingerprint density at radius 1 is 1.22 bits per heavy atom. The fraction of sp³-hybridized carbons (Fsp3) is 0. The first-order chi connectivity index (χ1) is 8.70. The second-order valence-corrected chi connectivity index (χ2v) is 3.50. The van der Waals surface area contributed by atoms with Crippen LogP contribution in [-0.2, 0) is 0 Å². The number of carbonyl (C=O) groups is 2. The van der Waals surface area contributed by atoms with Gasteiger partial charge < -0.3 is 10.5 Å². The molecule has 1 amide bonds. The number of nitrogens with two attached hydrogens (primary N) is 1. The second kappa shape index (κ2) is 5.09. The summed E-state index contributed by atoms with van der Waals surface area (Å²) in [6.45, 7) is 0. The molecule has 1 heterocycles. The van der Waals surface area contributed by atoms with Gasteiger partial charge in [0.2, 0.25) is 0 Å². The largest absolute Gasteiger partial charge is 0.455 e. The maximum atomic E-state index is 11.1. The van der Waals surface area contributed by atoms with E-state index in [0.29, 0.717) is 11.3 Å². The molecule has 5 nitrogen and oxygen atoms in total. The van der Waals surface area contributed by atoms with Crippen molar-refractivity contribution in [2.75, 3.05) is 0 Å². The predicted molar refractivity (Wildman–Crippen MR) is 64.7 cm³/mol. The van der Waals surface area contributed by atoms with E-state index in [2.05, 4.69) is 4.98 Å².